The average molecular weight is 276 g/mol. The Kier molecular flexibility index (Phi) is 3.56. The van der Waals surface area contributed by atoms with Gasteiger partial charge in [0, 0.05) is 50.5 Å². The van der Waals surface area contributed by atoms with Gasteiger partial charge < -0.3 is 15.5 Å². The van der Waals surface area contributed by atoms with Crippen LogP contribution in [0.25, 0.3) is 0 Å². The van der Waals surface area contributed by atoms with E-state index in [1.807, 2.05) is 11.6 Å². The Labute approximate surface area is 115 Å². The van der Waals surface area contributed by atoms with Crippen LogP contribution in [0.4, 0.5) is 10.9 Å². The lowest BCUT2D eigenvalue weighted by Gasteiger charge is -2.35. The first kappa shape index (κ1) is 12.3. The van der Waals surface area contributed by atoms with Crippen molar-refractivity contribution in [2.45, 2.75) is 6.54 Å². The zero-order chi connectivity index (χ0) is 13.1. The number of hydrogen-bond acceptors (Lipinski definition) is 7. The molecule has 0 unspecified atom stereocenters. The van der Waals surface area contributed by atoms with Gasteiger partial charge in [-0.1, -0.05) is 0 Å². The molecule has 100 valence electrons. The first-order valence-electron chi connectivity index (χ1n) is 6.27. The molecular weight excluding hydrogens is 260 g/mol. The van der Waals surface area contributed by atoms with Crippen LogP contribution in [0.5, 0.6) is 0 Å². The van der Waals surface area contributed by atoms with Crippen molar-refractivity contribution in [1.82, 2.24) is 15.0 Å². The van der Waals surface area contributed by atoms with Crippen LogP contribution in [0, 0.1) is 0 Å². The van der Waals surface area contributed by atoms with Crippen LogP contribution in [0.15, 0.2) is 24.0 Å². The van der Waals surface area contributed by atoms with E-state index in [-0.39, 0.29) is 0 Å². The minimum atomic E-state index is 0.430. The van der Waals surface area contributed by atoms with Crippen LogP contribution in [0.2, 0.25) is 0 Å². The van der Waals surface area contributed by atoms with Gasteiger partial charge in [-0.25, -0.2) is 9.97 Å². The number of hydrogen-bond donors (Lipinski definition) is 1. The van der Waals surface area contributed by atoms with Crippen LogP contribution in [-0.2, 0) is 6.54 Å². The van der Waals surface area contributed by atoms with Crippen molar-refractivity contribution in [3.05, 3.63) is 29.7 Å². The van der Waals surface area contributed by atoms with E-state index < -0.39 is 0 Å². The fourth-order valence-electron chi connectivity index (χ4n) is 2.14. The molecule has 1 aliphatic rings. The zero-order valence-corrected chi connectivity index (χ0v) is 11.4. The summed E-state index contributed by atoms with van der Waals surface area (Å²) in [5.41, 5.74) is 6.43. The van der Waals surface area contributed by atoms with E-state index in [0.29, 0.717) is 6.54 Å². The van der Waals surface area contributed by atoms with Gasteiger partial charge in [-0.3, -0.25) is 4.98 Å². The summed E-state index contributed by atoms with van der Waals surface area (Å²) in [6.07, 6.45) is 5.37. The second-order valence-corrected chi connectivity index (χ2v) is 5.23. The molecular formula is C12H16N6S. The van der Waals surface area contributed by atoms with Crippen molar-refractivity contribution >= 4 is 22.3 Å². The van der Waals surface area contributed by atoms with Gasteiger partial charge in [0.1, 0.15) is 5.82 Å². The normalized spacial score (nSPS) is 15.8. The molecule has 0 aromatic carbocycles. The number of thiazole rings is 1. The van der Waals surface area contributed by atoms with E-state index in [9.17, 15) is 0 Å². The lowest BCUT2D eigenvalue weighted by Crippen LogP contribution is -2.46. The second kappa shape index (κ2) is 5.50. The fraction of sp³-hybridized carbons (Fsp3) is 0.417. The van der Waals surface area contributed by atoms with Crippen molar-refractivity contribution in [3.63, 3.8) is 0 Å². The summed E-state index contributed by atoms with van der Waals surface area (Å²) >= 11 is 1.68. The third-order valence-electron chi connectivity index (χ3n) is 3.17. The van der Waals surface area contributed by atoms with E-state index in [1.165, 1.54) is 0 Å². The number of piperazine rings is 1. The monoisotopic (exact) mass is 276 g/mol. The Bertz CT molecular complexity index is 521. The predicted octanol–water partition coefficient (Wildman–Crippen LogP) is 0.718. The number of anilines is 2. The van der Waals surface area contributed by atoms with Gasteiger partial charge in [-0.05, 0) is 0 Å². The molecule has 2 aromatic rings. The molecule has 3 heterocycles. The number of aromatic nitrogens is 3. The number of nitrogens with zero attached hydrogens (tertiary/aromatic N) is 5. The van der Waals surface area contributed by atoms with Crippen LogP contribution in [0.3, 0.4) is 0 Å². The van der Waals surface area contributed by atoms with Gasteiger partial charge in [0.25, 0.3) is 0 Å². The van der Waals surface area contributed by atoms with Crippen molar-refractivity contribution in [1.29, 1.82) is 0 Å². The molecule has 0 spiro atoms. The predicted molar refractivity (Wildman–Crippen MR) is 76.5 cm³/mol. The van der Waals surface area contributed by atoms with Gasteiger partial charge in [0.05, 0.1) is 11.9 Å². The van der Waals surface area contributed by atoms with Crippen molar-refractivity contribution in [2.24, 2.45) is 5.73 Å². The summed E-state index contributed by atoms with van der Waals surface area (Å²) in [6.45, 7) is 4.22. The quantitative estimate of drug-likeness (QED) is 0.890. The molecule has 0 radical (unpaired) electrons. The largest absolute Gasteiger partial charge is 0.352 e. The van der Waals surface area contributed by atoms with Crippen LogP contribution >= 0.6 is 11.3 Å². The highest BCUT2D eigenvalue weighted by atomic mass is 32.1. The lowest BCUT2D eigenvalue weighted by atomic mass is 10.3. The summed E-state index contributed by atoms with van der Waals surface area (Å²) in [5.74, 6) is 0.918. The van der Waals surface area contributed by atoms with Crippen molar-refractivity contribution in [3.8, 4) is 0 Å². The molecule has 6 nitrogen and oxygen atoms in total. The molecule has 0 atom stereocenters. The third-order valence-corrected chi connectivity index (χ3v) is 4.01. The minimum Gasteiger partial charge on any atom is -0.352 e. The van der Waals surface area contributed by atoms with Crippen LogP contribution in [0.1, 0.15) is 5.69 Å². The average Bonchev–Trinajstić information content (AvgIpc) is 3.02. The van der Waals surface area contributed by atoms with Crippen molar-refractivity contribution < 1.29 is 0 Å². The van der Waals surface area contributed by atoms with E-state index >= 15 is 0 Å². The van der Waals surface area contributed by atoms with Gasteiger partial charge in [0.2, 0.25) is 0 Å². The Balaban J connectivity index is 1.66. The summed E-state index contributed by atoms with van der Waals surface area (Å²) in [6, 6.07) is 0. The minimum absolute atomic E-state index is 0.430. The Morgan fingerprint density at radius 3 is 2.63 bits per heavy atom. The van der Waals surface area contributed by atoms with Gasteiger partial charge >= 0.3 is 0 Å². The molecule has 7 heteroatoms. The van der Waals surface area contributed by atoms with Crippen LogP contribution in [-0.4, -0.2) is 41.1 Å². The highest BCUT2D eigenvalue weighted by molar-refractivity contribution is 7.13. The summed E-state index contributed by atoms with van der Waals surface area (Å²) in [4.78, 5) is 17.6. The Morgan fingerprint density at radius 2 is 1.95 bits per heavy atom. The maximum Gasteiger partial charge on any atom is 0.185 e. The molecule has 2 N–H and O–H groups in total. The second-order valence-electron chi connectivity index (χ2n) is 4.36. The molecule has 1 aliphatic heterocycles. The molecule has 1 fully saturated rings. The van der Waals surface area contributed by atoms with Gasteiger partial charge in [-0.2, -0.15) is 0 Å². The summed E-state index contributed by atoms with van der Waals surface area (Å²) in [7, 11) is 0. The molecule has 0 bridgehead atoms. The fourth-order valence-corrected chi connectivity index (χ4v) is 2.84. The van der Waals surface area contributed by atoms with E-state index in [0.717, 1.165) is 42.8 Å². The molecule has 3 rings (SSSR count). The van der Waals surface area contributed by atoms with E-state index in [1.54, 1.807) is 23.7 Å². The number of nitrogens with two attached hydrogens (primary N) is 1. The molecule has 2 aromatic heterocycles. The Hall–Kier alpha value is -1.73. The lowest BCUT2D eigenvalue weighted by molar-refractivity contribution is 0.643. The highest BCUT2D eigenvalue weighted by Crippen LogP contribution is 2.20. The molecule has 0 aliphatic carbocycles. The number of rotatable bonds is 3. The van der Waals surface area contributed by atoms with E-state index in [2.05, 4.69) is 24.8 Å². The third kappa shape index (κ3) is 2.66. The summed E-state index contributed by atoms with van der Waals surface area (Å²) < 4.78 is 0. The molecule has 0 saturated carbocycles. The van der Waals surface area contributed by atoms with E-state index in [4.69, 9.17) is 5.73 Å². The summed E-state index contributed by atoms with van der Waals surface area (Å²) in [5, 5.41) is 3.11. The molecule has 1 saturated heterocycles. The topological polar surface area (TPSA) is 71.2 Å². The van der Waals surface area contributed by atoms with Gasteiger partial charge in [-0.15, -0.1) is 11.3 Å². The van der Waals surface area contributed by atoms with Crippen LogP contribution < -0.4 is 15.5 Å². The highest BCUT2D eigenvalue weighted by Gasteiger charge is 2.19. The SMILES string of the molecule is NCc1cncc(N2CCN(c3nccs3)CC2)n1. The van der Waals surface area contributed by atoms with Crippen molar-refractivity contribution in [2.75, 3.05) is 36.0 Å². The smallest absolute Gasteiger partial charge is 0.185 e. The first-order chi connectivity index (χ1) is 9.36. The maximum atomic E-state index is 5.60. The standard InChI is InChI=1S/C12H16N6S/c13-7-10-8-14-9-11(16-10)17-2-4-18(5-3-17)12-15-1-6-19-12/h1,6,8-9H,2-5,7,13H2. The van der Waals surface area contributed by atoms with Gasteiger partial charge in [0.15, 0.2) is 5.13 Å². The zero-order valence-electron chi connectivity index (χ0n) is 10.6. The molecule has 0 amide bonds. The Morgan fingerprint density at radius 1 is 1.16 bits per heavy atom. The molecule has 19 heavy (non-hydrogen) atoms. The first-order valence-corrected chi connectivity index (χ1v) is 7.15. The maximum absolute atomic E-state index is 5.60.